The van der Waals surface area contributed by atoms with E-state index in [1.165, 1.54) is 23.5 Å². The van der Waals surface area contributed by atoms with Gasteiger partial charge in [0.05, 0.1) is 5.56 Å². The van der Waals surface area contributed by atoms with Crippen LogP contribution in [0, 0.1) is 0 Å². The highest BCUT2D eigenvalue weighted by Gasteiger charge is 2.34. The predicted molar refractivity (Wildman–Crippen MR) is 70.0 cm³/mol. The molecule has 2 rings (SSSR count). The van der Waals surface area contributed by atoms with E-state index in [0.29, 0.717) is 5.01 Å². The van der Waals surface area contributed by atoms with Crippen molar-refractivity contribution in [3.63, 3.8) is 0 Å². The average Bonchev–Trinajstić information content (AvgIpc) is 2.86. The highest BCUT2D eigenvalue weighted by atomic mass is 32.1. The molecule has 1 atom stereocenters. The summed E-state index contributed by atoms with van der Waals surface area (Å²) in [6.07, 6.45) is -2.74. The first-order valence-electron chi connectivity index (χ1n) is 5.73. The second kappa shape index (κ2) is 5.30. The highest BCUT2D eigenvalue weighted by Crippen LogP contribution is 2.38. The number of alkyl halides is 3. The molecule has 102 valence electrons. The lowest BCUT2D eigenvalue weighted by atomic mass is 10.1. The molecule has 19 heavy (non-hydrogen) atoms. The number of benzene rings is 1. The number of hydrogen-bond acceptors (Lipinski definition) is 3. The molecule has 1 heterocycles. The lowest BCUT2D eigenvalue weighted by Gasteiger charge is -2.10. The van der Waals surface area contributed by atoms with Gasteiger partial charge in [-0.1, -0.05) is 18.2 Å². The molecule has 1 aromatic heterocycles. The van der Waals surface area contributed by atoms with Crippen LogP contribution in [0.4, 0.5) is 13.2 Å². The van der Waals surface area contributed by atoms with Gasteiger partial charge in [-0.25, -0.2) is 4.98 Å². The van der Waals surface area contributed by atoms with Crippen molar-refractivity contribution in [3.05, 3.63) is 40.9 Å². The number of aromatic nitrogens is 1. The van der Waals surface area contributed by atoms with E-state index in [1.807, 2.05) is 6.92 Å². The Balaban J connectivity index is 2.45. The molecule has 0 saturated carbocycles. The minimum Gasteiger partial charge on any atom is -0.312 e. The second-order valence-electron chi connectivity index (χ2n) is 4.12. The summed E-state index contributed by atoms with van der Waals surface area (Å²) >= 11 is 1.28. The molecule has 0 amide bonds. The fourth-order valence-electron chi connectivity index (χ4n) is 1.67. The number of nitrogens with zero attached hydrogens (tertiary/aromatic N) is 1. The van der Waals surface area contributed by atoms with Crippen molar-refractivity contribution in [2.24, 2.45) is 0 Å². The molecule has 0 spiro atoms. The molecule has 0 aliphatic heterocycles. The lowest BCUT2D eigenvalue weighted by molar-refractivity contribution is -0.137. The molecule has 0 saturated heterocycles. The van der Waals surface area contributed by atoms with Crippen molar-refractivity contribution < 1.29 is 13.2 Å². The Morgan fingerprint density at radius 2 is 1.95 bits per heavy atom. The van der Waals surface area contributed by atoms with Crippen molar-refractivity contribution in [2.45, 2.75) is 19.1 Å². The van der Waals surface area contributed by atoms with Crippen LogP contribution < -0.4 is 5.32 Å². The molecule has 0 fully saturated rings. The van der Waals surface area contributed by atoms with E-state index in [1.54, 1.807) is 19.3 Å². The third-order valence-electron chi connectivity index (χ3n) is 2.85. The van der Waals surface area contributed by atoms with Gasteiger partial charge in [0.15, 0.2) is 0 Å². The van der Waals surface area contributed by atoms with E-state index >= 15 is 0 Å². The Hall–Kier alpha value is -1.40. The number of halogens is 3. The van der Waals surface area contributed by atoms with E-state index in [-0.39, 0.29) is 11.6 Å². The normalized spacial score (nSPS) is 13.5. The van der Waals surface area contributed by atoms with E-state index in [9.17, 15) is 13.2 Å². The summed E-state index contributed by atoms with van der Waals surface area (Å²) in [6, 6.07) is 5.58. The van der Waals surface area contributed by atoms with Crippen molar-refractivity contribution in [3.8, 4) is 10.6 Å². The lowest BCUT2D eigenvalue weighted by Crippen LogP contribution is -2.10. The van der Waals surface area contributed by atoms with Gasteiger partial charge in [-0.3, -0.25) is 0 Å². The van der Waals surface area contributed by atoms with Gasteiger partial charge >= 0.3 is 6.18 Å². The quantitative estimate of drug-likeness (QED) is 0.918. The number of hydrogen-bond donors (Lipinski definition) is 1. The highest BCUT2D eigenvalue weighted by molar-refractivity contribution is 7.15. The van der Waals surface area contributed by atoms with Gasteiger partial charge in [-0.2, -0.15) is 13.2 Å². The fraction of sp³-hybridized carbons (Fsp3) is 0.308. The summed E-state index contributed by atoms with van der Waals surface area (Å²) in [5, 5.41) is 3.43. The maximum Gasteiger partial charge on any atom is 0.417 e. The molecular formula is C13H13F3N2S. The molecule has 6 heteroatoms. The van der Waals surface area contributed by atoms with E-state index in [2.05, 4.69) is 10.3 Å². The predicted octanol–water partition coefficient (Wildman–Crippen LogP) is 4.11. The Morgan fingerprint density at radius 3 is 2.58 bits per heavy atom. The molecule has 1 aromatic carbocycles. The van der Waals surface area contributed by atoms with Crippen LogP contribution in [0.25, 0.3) is 10.6 Å². The van der Waals surface area contributed by atoms with Crippen molar-refractivity contribution >= 4 is 11.3 Å². The van der Waals surface area contributed by atoms with Crippen molar-refractivity contribution in [2.75, 3.05) is 7.05 Å². The number of rotatable bonds is 3. The van der Waals surface area contributed by atoms with Crippen LogP contribution in [0.1, 0.15) is 23.4 Å². The SMILES string of the molecule is CNC(C)c1cnc(-c2ccccc2C(F)(F)F)s1. The average molecular weight is 286 g/mol. The van der Waals surface area contributed by atoms with Gasteiger partial charge in [-0.15, -0.1) is 11.3 Å². The molecule has 0 aliphatic rings. The maximum absolute atomic E-state index is 12.9. The molecular weight excluding hydrogens is 273 g/mol. The van der Waals surface area contributed by atoms with Crippen LogP contribution in [0.5, 0.6) is 0 Å². The Morgan fingerprint density at radius 1 is 1.26 bits per heavy atom. The van der Waals surface area contributed by atoms with Crippen LogP contribution >= 0.6 is 11.3 Å². The van der Waals surface area contributed by atoms with Gasteiger partial charge in [0, 0.05) is 22.7 Å². The second-order valence-corrected chi connectivity index (χ2v) is 5.18. The molecule has 1 N–H and O–H groups in total. The first-order valence-corrected chi connectivity index (χ1v) is 6.54. The minimum atomic E-state index is -4.36. The summed E-state index contributed by atoms with van der Waals surface area (Å²) in [4.78, 5) is 5.02. The molecule has 0 radical (unpaired) electrons. The topological polar surface area (TPSA) is 24.9 Å². The monoisotopic (exact) mass is 286 g/mol. The van der Waals surface area contributed by atoms with Gasteiger partial charge < -0.3 is 5.32 Å². The summed E-state index contributed by atoms with van der Waals surface area (Å²) in [5.41, 5.74) is -0.512. The van der Waals surface area contributed by atoms with E-state index in [0.717, 1.165) is 10.9 Å². The Kier molecular flexibility index (Phi) is 3.91. The van der Waals surface area contributed by atoms with Crippen LogP contribution in [-0.4, -0.2) is 12.0 Å². The largest absolute Gasteiger partial charge is 0.417 e. The van der Waals surface area contributed by atoms with Crippen LogP contribution in [0.15, 0.2) is 30.5 Å². The van der Waals surface area contributed by atoms with Crippen LogP contribution in [-0.2, 0) is 6.18 Å². The number of thiazole rings is 1. The summed E-state index contributed by atoms with van der Waals surface area (Å²) in [6.45, 7) is 1.94. The van der Waals surface area contributed by atoms with Gasteiger partial charge in [0.25, 0.3) is 0 Å². The van der Waals surface area contributed by atoms with Gasteiger partial charge in [0.2, 0.25) is 0 Å². The summed E-state index contributed by atoms with van der Waals surface area (Å²) in [5.74, 6) is 0. The number of nitrogens with one attached hydrogen (secondary N) is 1. The Labute approximate surface area is 113 Å². The zero-order valence-corrected chi connectivity index (χ0v) is 11.3. The molecule has 2 aromatic rings. The molecule has 1 unspecified atom stereocenters. The van der Waals surface area contributed by atoms with Gasteiger partial charge in [0.1, 0.15) is 5.01 Å². The zero-order valence-electron chi connectivity index (χ0n) is 10.5. The first kappa shape index (κ1) is 14.0. The minimum absolute atomic E-state index is 0.0734. The molecule has 0 aliphatic carbocycles. The third-order valence-corrected chi connectivity index (χ3v) is 4.06. The van der Waals surface area contributed by atoms with Crippen LogP contribution in [0.3, 0.4) is 0 Å². The zero-order chi connectivity index (χ0) is 14.0. The van der Waals surface area contributed by atoms with Crippen molar-refractivity contribution in [1.29, 1.82) is 0 Å². The fourth-order valence-corrected chi connectivity index (χ4v) is 2.69. The first-order chi connectivity index (χ1) is 8.93. The van der Waals surface area contributed by atoms with E-state index in [4.69, 9.17) is 0 Å². The van der Waals surface area contributed by atoms with Crippen molar-refractivity contribution in [1.82, 2.24) is 10.3 Å². The standard InChI is InChI=1S/C13H13F3N2S/c1-8(17-2)11-7-18-12(19-11)9-5-3-4-6-10(9)13(14,15)16/h3-8,17H,1-2H3. The van der Waals surface area contributed by atoms with Gasteiger partial charge in [-0.05, 0) is 20.0 Å². The Bertz CT molecular complexity index is 563. The molecule has 2 nitrogen and oxygen atoms in total. The van der Waals surface area contributed by atoms with Crippen LogP contribution in [0.2, 0.25) is 0 Å². The third kappa shape index (κ3) is 2.96. The maximum atomic E-state index is 12.9. The smallest absolute Gasteiger partial charge is 0.312 e. The summed E-state index contributed by atoms with van der Waals surface area (Å²) < 4.78 is 38.8. The molecule has 0 bridgehead atoms. The summed E-state index contributed by atoms with van der Waals surface area (Å²) in [7, 11) is 1.80. The van der Waals surface area contributed by atoms with E-state index < -0.39 is 11.7 Å².